The fraction of sp³-hybridized carbons (Fsp3) is 0.167. The topological polar surface area (TPSA) is 52.1 Å². The number of ether oxygens (including phenoxy) is 1. The van der Waals surface area contributed by atoms with E-state index >= 15 is 0 Å². The van der Waals surface area contributed by atoms with Crippen LogP contribution in [0.1, 0.15) is 10.5 Å². The summed E-state index contributed by atoms with van der Waals surface area (Å²) in [6.45, 7) is 0. The summed E-state index contributed by atoms with van der Waals surface area (Å²) in [5, 5.41) is 0. The van der Waals surface area contributed by atoms with Crippen LogP contribution in [0.25, 0.3) is 0 Å². The van der Waals surface area contributed by atoms with Crippen LogP contribution in [0.15, 0.2) is 12.4 Å². The lowest BCUT2D eigenvalue weighted by Gasteiger charge is -1.93. The van der Waals surface area contributed by atoms with E-state index in [4.69, 9.17) is 0 Å². The maximum atomic E-state index is 10.7. The SMILES string of the molecule is COC(=O)c1cn[c]cn1. The molecule has 0 spiro atoms. The van der Waals surface area contributed by atoms with Gasteiger partial charge in [0.25, 0.3) is 0 Å². The molecule has 0 aromatic carbocycles. The highest BCUT2D eigenvalue weighted by molar-refractivity contribution is 5.86. The van der Waals surface area contributed by atoms with Crippen molar-refractivity contribution in [2.24, 2.45) is 0 Å². The first-order chi connectivity index (χ1) is 4.84. The van der Waals surface area contributed by atoms with Crippen molar-refractivity contribution in [3.8, 4) is 0 Å². The molecule has 0 N–H and O–H groups in total. The molecule has 0 atom stereocenters. The maximum absolute atomic E-state index is 10.7. The van der Waals surface area contributed by atoms with E-state index in [2.05, 4.69) is 20.9 Å². The summed E-state index contributed by atoms with van der Waals surface area (Å²) in [6.07, 6.45) is 5.05. The average Bonchev–Trinajstić information content (AvgIpc) is 2.05. The number of aromatic nitrogens is 2. The summed E-state index contributed by atoms with van der Waals surface area (Å²) >= 11 is 0. The molecular weight excluding hydrogens is 132 g/mol. The average molecular weight is 137 g/mol. The number of esters is 1. The molecule has 4 nitrogen and oxygen atoms in total. The predicted molar refractivity (Wildman–Crippen MR) is 32.2 cm³/mol. The van der Waals surface area contributed by atoms with Crippen LogP contribution in [-0.2, 0) is 4.74 Å². The summed E-state index contributed by atoms with van der Waals surface area (Å²) in [7, 11) is 1.29. The Kier molecular flexibility index (Phi) is 1.94. The molecular formula is C6H5N2O2. The minimum atomic E-state index is -0.485. The number of methoxy groups -OCH3 is 1. The van der Waals surface area contributed by atoms with Gasteiger partial charge in [0.1, 0.15) is 6.20 Å². The first-order valence-corrected chi connectivity index (χ1v) is 2.61. The minimum absolute atomic E-state index is 0.196. The second kappa shape index (κ2) is 2.91. The van der Waals surface area contributed by atoms with Crippen LogP contribution in [-0.4, -0.2) is 23.0 Å². The highest BCUT2D eigenvalue weighted by Crippen LogP contribution is 1.90. The van der Waals surface area contributed by atoms with Gasteiger partial charge in [-0.15, -0.1) is 0 Å². The minimum Gasteiger partial charge on any atom is -0.464 e. The molecule has 1 aromatic rings. The molecule has 1 heterocycles. The Morgan fingerprint density at radius 3 is 3.10 bits per heavy atom. The van der Waals surface area contributed by atoms with Crippen molar-refractivity contribution in [1.82, 2.24) is 9.97 Å². The van der Waals surface area contributed by atoms with Gasteiger partial charge in [-0.25, -0.2) is 9.78 Å². The zero-order valence-electron chi connectivity index (χ0n) is 5.37. The van der Waals surface area contributed by atoms with Gasteiger partial charge in [-0.3, -0.25) is 4.98 Å². The Hall–Kier alpha value is -1.45. The third-order valence-electron chi connectivity index (χ3n) is 0.917. The molecule has 0 saturated heterocycles. The van der Waals surface area contributed by atoms with Gasteiger partial charge in [0.2, 0.25) is 0 Å². The van der Waals surface area contributed by atoms with Gasteiger partial charge in [0.15, 0.2) is 5.69 Å². The lowest BCUT2D eigenvalue weighted by Crippen LogP contribution is -2.03. The molecule has 1 aromatic heterocycles. The Morgan fingerprint density at radius 1 is 1.80 bits per heavy atom. The highest BCUT2D eigenvalue weighted by atomic mass is 16.5. The summed E-state index contributed by atoms with van der Waals surface area (Å²) in [5.74, 6) is -0.485. The molecule has 0 amide bonds. The largest absolute Gasteiger partial charge is 0.464 e. The number of carbonyl (C=O) groups is 1. The van der Waals surface area contributed by atoms with Crippen LogP contribution in [0, 0.1) is 6.20 Å². The van der Waals surface area contributed by atoms with Crippen LogP contribution < -0.4 is 0 Å². The van der Waals surface area contributed by atoms with Crippen LogP contribution in [0.2, 0.25) is 0 Å². The lowest BCUT2D eigenvalue weighted by molar-refractivity contribution is 0.0593. The van der Waals surface area contributed by atoms with Crippen molar-refractivity contribution in [3.63, 3.8) is 0 Å². The van der Waals surface area contributed by atoms with Crippen molar-refractivity contribution in [2.75, 3.05) is 7.11 Å². The molecule has 1 radical (unpaired) electrons. The van der Waals surface area contributed by atoms with Gasteiger partial charge in [-0.05, 0) is 0 Å². The maximum Gasteiger partial charge on any atom is 0.358 e. The zero-order valence-corrected chi connectivity index (χ0v) is 5.37. The molecule has 0 fully saturated rings. The summed E-state index contributed by atoms with van der Waals surface area (Å²) < 4.78 is 4.38. The molecule has 51 valence electrons. The molecule has 0 unspecified atom stereocenters. The monoisotopic (exact) mass is 137 g/mol. The van der Waals surface area contributed by atoms with Crippen LogP contribution in [0.3, 0.4) is 0 Å². The van der Waals surface area contributed by atoms with Crippen LogP contribution in [0.5, 0.6) is 0 Å². The van der Waals surface area contributed by atoms with E-state index in [1.165, 1.54) is 19.5 Å². The number of nitrogens with zero attached hydrogens (tertiary/aromatic N) is 2. The van der Waals surface area contributed by atoms with Crippen molar-refractivity contribution < 1.29 is 9.53 Å². The van der Waals surface area contributed by atoms with E-state index in [1.54, 1.807) is 0 Å². The van der Waals surface area contributed by atoms with Crippen molar-refractivity contribution in [2.45, 2.75) is 0 Å². The van der Waals surface area contributed by atoms with Crippen molar-refractivity contribution in [1.29, 1.82) is 0 Å². The van der Waals surface area contributed by atoms with Gasteiger partial charge < -0.3 is 4.74 Å². The normalized spacial score (nSPS) is 8.90. The molecule has 0 bridgehead atoms. The smallest absolute Gasteiger partial charge is 0.358 e. The second-order valence-corrected chi connectivity index (χ2v) is 1.52. The summed E-state index contributed by atoms with van der Waals surface area (Å²) in [4.78, 5) is 17.9. The molecule has 10 heavy (non-hydrogen) atoms. The Labute approximate surface area is 57.9 Å². The van der Waals surface area contributed by atoms with Gasteiger partial charge >= 0.3 is 5.97 Å². The predicted octanol–water partition coefficient (Wildman–Crippen LogP) is 0.0634. The number of rotatable bonds is 1. The van der Waals surface area contributed by atoms with Gasteiger partial charge in [0, 0.05) is 0 Å². The van der Waals surface area contributed by atoms with E-state index < -0.39 is 5.97 Å². The lowest BCUT2D eigenvalue weighted by atomic mass is 10.5. The van der Waals surface area contributed by atoms with E-state index in [0.29, 0.717) is 0 Å². The quantitative estimate of drug-likeness (QED) is 0.514. The Morgan fingerprint density at radius 2 is 2.60 bits per heavy atom. The van der Waals surface area contributed by atoms with Crippen LogP contribution >= 0.6 is 0 Å². The molecule has 4 heteroatoms. The third-order valence-corrected chi connectivity index (χ3v) is 0.917. The number of carbonyl (C=O) groups excluding carboxylic acids is 1. The Bertz CT molecular complexity index is 222. The van der Waals surface area contributed by atoms with Crippen LogP contribution in [0.4, 0.5) is 0 Å². The van der Waals surface area contributed by atoms with E-state index in [-0.39, 0.29) is 5.69 Å². The number of hydrogen-bond donors (Lipinski definition) is 0. The summed E-state index contributed by atoms with van der Waals surface area (Å²) in [5.41, 5.74) is 0.196. The first-order valence-electron chi connectivity index (χ1n) is 2.61. The van der Waals surface area contributed by atoms with E-state index in [9.17, 15) is 4.79 Å². The van der Waals surface area contributed by atoms with Gasteiger partial charge in [0.05, 0.1) is 19.5 Å². The fourth-order valence-corrected chi connectivity index (χ4v) is 0.473. The molecule has 1 rings (SSSR count). The van der Waals surface area contributed by atoms with E-state index in [1.807, 2.05) is 0 Å². The standard InChI is InChI=1S/C6H5N2O2/c1-10-6(9)5-4-7-2-3-8-5/h3-4H,1H3. The van der Waals surface area contributed by atoms with Crippen molar-refractivity contribution in [3.05, 3.63) is 24.3 Å². The first kappa shape index (κ1) is 6.67. The molecule has 0 saturated carbocycles. The highest BCUT2D eigenvalue weighted by Gasteiger charge is 2.03. The molecule has 0 aliphatic carbocycles. The van der Waals surface area contributed by atoms with Gasteiger partial charge in [-0.2, -0.15) is 0 Å². The molecule has 0 aliphatic heterocycles. The third kappa shape index (κ3) is 1.28. The fourth-order valence-electron chi connectivity index (χ4n) is 0.473. The molecule has 0 aliphatic rings. The zero-order chi connectivity index (χ0) is 7.40. The van der Waals surface area contributed by atoms with Crippen molar-refractivity contribution >= 4 is 5.97 Å². The number of hydrogen-bond acceptors (Lipinski definition) is 4. The van der Waals surface area contributed by atoms with E-state index in [0.717, 1.165) is 0 Å². The van der Waals surface area contributed by atoms with Gasteiger partial charge in [-0.1, -0.05) is 0 Å². The summed E-state index contributed by atoms with van der Waals surface area (Å²) in [6, 6.07) is 0. The second-order valence-electron chi connectivity index (χ2n) is 1.52. The Balaban J connectivity index is 2.85.